The zero-order valence-electron chi connectivity index (χ0n) is 23.7. The smallest absolute Gasteiger partial charge is 0.203 e. The molecule has 0 saturated carbocycles. The Bertz CT molecular complexity index is 1320. The van der Waals surface area contributed by atoms with Gasteiger partial charge >= 0.3 is 0 Å². The zero-order chi connectivity index (χ0) is 28.5. The molecule has 0 fully saturated rings. The third-order valence-corrected chi connectivity index (χ3v) is 6.47. The van der Waals surface area contributed by atoms with Crippen molar-refractivity contribution in [3.8, 4) is 45.6 Å². The fourth-order valence-electron chi connectivity index (χ4n) is 4.35. The zero-order valence-corrected chi connectivity index (χ0v) is 23.7. The number of benzene rings is 4. The molecule has 0 aliphatic carbocycles. The van der Waals surface area contributed by atoms with E-state index in [9.17, 15) is 0 Å². The van der Waals surface area contributed by atoms with Crippen molar-refractivity contribution in [1.82, 2.24) is 0 Å². The summed E-state index contributed by atoms with van der Waals surface area (Å²) in [5, 5.41) is 0. The Morgan fingerprint density at radius 1 is 0.350 bits per heavy atom. The minimum Gasteiger partial charge on any atom is -0.493 e. The normalized spacial score (nSPS) is 11.1. The van der Waals surface area contributed by atoms with Gasteiger partial charge in [0.25, 0.3) is 0 Å². The third kappa shape index (κ3) is 6.41. The molecule has 0 amide bonds. The second-order valence-corrected chi connectivity index (χ2v) is 8.83. The molecular formula is C34H34O6. The van der Waals surface area contributed by atoms with Gasteiger partial charge in [-0.1, -0.05) is 72.8 Å². The van der Waals surface area contributed by atoms with Crippen molar-refractivity contribution < 1.29 is 28.4 Å². The summed E-state index contributed by atoms with van der Waals surface area (Å²) >= 11 is 0. The Labute approximate surface area is 236 Å². The van der Waals surface area contributed by atoms with E-state index < -0.39 is 0 Å². The van der Waals surface area contributed by atoms with E-state index in [0.29, 0.717) is 34.5 Å². The van der Waals surface area contributed by atoms with Crippen LogP contribution in [-0.2, 0) is 0 Å². The molecule has 0 radical (unpaired) electrons. The van der Waals surface area contributed by atoms with Crippen LogP contribution in [0.1, 0.15) is 22.3 Å². The first-order valence-electron chi connectivity index (χ1n) is 12.7. The summed E-state index contributed by atoms with van der Waals surface area (Å²) in [7, 11) is 9.65. The molecule has 40 heavy (non-hydrogen) atoms. The summed E-state index contributed by atoms with van der Waals surface area (Å²) < 4.78 is 32.6. The molecule has 0 bridgehead atoms. The largest absolute Gasteiger partial charge is 0.493 e. The van der Waals surface area contributed by atoms with E-state index in [0.717, 1.165) is 33.4 Å². The third-order valence-electron chi connectivity index (χ3n) is 6.47. The average Bonchev–Trinajstić information content (AvgIpc) is 3.01. The maximum Gasteiger partial charge on any atom is 0.203 e. The summed E-state index contributed by atoms with van der Waals surface area (Å²) in [5.74, 6) is 3.65. The molecule has 0 aliphatic rings. The highest BCUT2D eigenvalue weighted by molar-refractivity contribution is 5.76. The Hall–Kier alpha value is -4.84. The highest BCUT2D eigenvalue weighted by atomic mass is 16.5. The first-order valence-corrected chi connectivity index (χ1v) is 12.7. The molecule has 206 valence electrons. The van der Waals surface area contributed by atoms with Crippen molar-refractivity contribution in [3.63, 3.8) is 0 Å². The summed E-state index contributed by atoms with van der Waals surface area (Å²) in [4.78, 5) is 0. The van der Waals surface area contributed by atoms with Gasteiger partial charge in [0.15, 0.2) is 23.0 Å². The molecule has 0 aromatic heterocycles. The number of ether oxygens (including phenoxy) is 6. The lowest BCUT2D eigenvalue weighted by atomic mass is 10.0. The summed E-state index contributed by atoms with van der Waals surface area (Å²) in [6, 6.07) is 24.6. The maximum atomic E-state index is 5.45. The lowest BCUT2D eigenvalue weighted by Crippen LogP contribution is -1.95. The average molecular weight is 539 g/mol. The van der Waals surface area contributed by atoms with Gasteiger partial charge in [0.1, 0.15) is 0 Å². The number of hydrogen-bond donors (Lipinski definition) is 0. The van der Waals surface area contributed by atoms with Gasteiger partial charge in [-0.2, -0.15) is 0 Å². The number of methoxy groups -OCH3 is 6. The summed E-state index contributed by atoms with van der Waals surface area (Å²) in [6.45, 7) is 0. The van der Waals surface area contributed by atoms with E-state index in [1.54, 1.807) is 42.7 Å². The summed E-state index contributed by atoms with van der Waals surface area (Å²) in [5.41, 5.74) is 6.36. The lowest BCUT2D eigenvalue weighted by molar-refractivity contribution is 0.324. The molecule has 6 nitrogen and oxygen atoms in total. The Kier molecular flexibility index (Phi) is 9.36. The van der Waals surface area contributed by atoms with Gasteiger partial charge in [0, 0.05) is 0 Å². The standard InChI is InChI=1S/C34H34O6/c1-35-29-19-25(20-30(36-2)33(29)39-5)9-7-23-11-15-27(16-12-23)28-17-13-24(14-18-28)8-10-26-21-31(37-3)34(40-6)32(22-26)38-4/h7-22H,1-6H3/b9-7+,10-8+. The monoisotopic (exact) mass is 538 g/mol. The van der Waals surface area contributed by atoms with Crippen LogP contribution < -0.4 is 28.4 Å². The van der Waals surface area contributed by atoms with Crippen LogP contribution in [-0.4, -0.2) is 42.7 Å². The van der Waals surface area contributed by atoms with Crippen molar-refractivity contribution in [3.05, 3.63) is 95.1 Å². The second-order valence-electron chi connectivity index (χ2n) is 8.83. The molecule has 0 unspecified atom stereocenters. The van der Waals surface area contributed by atoms with Crippen LogP contribution in [0.3, 0.4) is 0 Å². The molecule has 4 aromatic carbocycles. The first-order chi connectivity index (χ1) is 19.5. The number of hydrogen-bond acceptors (Lipinski definition) is 6. The Balaban J connectivity index is 1.46. The van der Waals surface area contributed by atoms with Gasteiger partial charge in [0.2, 0.25) is 11.5 Å². The minimum absolute atomic E-state index is 0.578. The van der Waals surface area contributed by atoms with Crippen LogP contribution in [0.15, 0.2) is 72.8 Å². The van der Waals surface area contributed by atoms with Crippen molar-refractivity contribution in [2.75, 3.05) is 42.7 Å². The first kappa shape index (κ1) is 28.2. The molecule has 0 saturated heterocycles. The quantitative estimate of drug-likeness (QED) is 0.182. The van der Waals surface area contributed by atoms with E-state index >= 15 is 0 Å². The number of rotatable bonds is 11. The van der Waals surface area contributed by atoms with Gasteiger partial charge in [-0.25, -0.2) is 0 Å². The molecule has 6 heteroatoms. The predicted molar refractivity (Wildman–Crippen MR) is 162 cm³/mol. The molecular weight excluding hydrogens is 504 g/mol. The van der Waals surface area contributed by atoms with Crippen LogP contribution in [0.5, 0.6) is 34.5 Å². The van der Waals surface area contributed by atoms with Gasteiger partial charge in [-0.15, -0.1) is 0 Å². The second kappa shape index (κ2) is 13.3. The van der Waals surface area contributed by atoms with Crippen molar-refractivity contribution >= 4 is 24.3 Å². The van der Waals surface area contributed by atoms with Crippen molar-refractivity contribution in [2.45, 2.75) is 0 Å². The van der Waals surface area contributed by atoms with Gasteiger partial charge < -0.3 is 28.4 Å². The fourth-order valence-corrected chi connectivity index (χ4v) is 4.35. The highest BCUT2D eigenvalue weighted by Crippen LogP contribution is 2.39. The SMILES string of the molecule is COc1cc(/C=C/c2ccc(-c3ccc(/C=C/c4cc(OC)c(OC)c(OC)c4)cc3)cc2)cc(OC)c1OC. The van der Waals surface area contributed by atoms with Crippen LogP contribution in [0.2, 0.25) is 0 Å². The van der Waals surface area contributed by atoms with E-state index in [4.69, 9.17) is 28.4 Å². The van der Waals surface area contributed by atoms with E-state index in [-0.39, 0.29) is 0 Å². The van der Waals surface area contributed by atoms with Crippen LogP contribution in [0.4, 0.5) is 0 Å². The van der Waals surface area contributed by atoms with E-state index in [1.165, 1.54) is 0 Å². The Morgan fingerprint density at radius 3 is 0.875 bits per heavy atom. The fraction of sp³-hybridized carbons (Fsp3) is 0.176. The molecule has 4 aromatic rings. The molecule has 0 atom stereocenters. The Morgan fingerprint density at radius 2 is 0.625 bits per heavy atom. The lowest BCUT2D eigenvalue weighted by Gasteiger charge is -2.12. The van der Waals surface area contributed by atoms with Gasteiger partial charge in [-0.05, 0) is 57.6 Å². The maximum absolute atomic E-state index is 5.45. The van der Waals surface area contributed by atoms with Gasteiger partial charge in [-0.3, -0.25) is 0 Å². The van der Waals surface area contributed by atoms with Crippen molar-refractivity contribution in [1.29, 1.82) is 0 Å². The van der Waals surface area contributed by atoms with Crippen LogP contribution in [0.25, 0.3) is 35.4 Å². The molecule has 4 rings (SSSR count). The van der Waals surface area contributed by atoms with Crippen LogP contribution in [0, 0.1) is 0 Å². The molecule has 0 aliphatic heterocycles. The van der Waals surface area contributed by atoms with E-state index in [1.807, 2.05) is 36.4 Å². The van der Waals surface area contributed by atoms with E-state index in [2.05, 4.69) is 60.7 Å². The van der Waals surface area contributed by atoms with Crippen molar-refractivity contribution in [2.24, 2.45) is 0 Å². The van der Waals surface area contributed by atoms with Crippen LogP contribution >= 0.6 is 0 Å². The minimum atomic E-state index is 0.578. The molecule has 0 spiro atoms. The highest BCUT2D eigenvalue weighted by Gasteiger charge is 2.13. The molecule has 0 heterocycles. The summed E-state index contributed by atoms with van der Waals surface area (Å²) in [6.07, 6.45) is 8.16. The predicted octanol–water partition coefficient (Wildman–Crippen LogP) is 7.75. The topological polar surface area (TPSA) is 55.4 Å². The molecule has 0 N–H and O–H groups in total. The van der Waals surface area contributed by atoms with Gasteiger partial charge in [0.05, 0.1) is 42.7 Å².